The van der Waals surface area contributed by atoms with Gasteiger partial charge >= 0.3 is 6.18 Å². The highest BCUT2D eigenvalue weighted by molar-refractivity contribution is 5.94. The van der Waals surface area contributed by atoms with Crippen LogP contribution < -0.4 is 15.4 Å². The van der Waals surface area contributed by atoms with E-state index in [9.17, 15) is 18.0 Å². The molecule has 1 aliphatic rings. The lowest BCUT2D eigenvalue weighted by atomic mass is 10.1. The second-order valence-electron chi connectivity index (χ2n) is 4.82. The van der Waals surface area contributed by atoms with Crippen LogP contribution in [0.4, 0.5) is 18.9 Å². The first kappa shape index (κ1) is 18.6. The van der Waals surface area contributed by atoms with Crippen molar-refractivity contribution >= 4 is 24.0 Å². The Balaban J connectivity index is 0.00000242. The van der Waals surface area contributed by atoms with Gasteiger partial charge in [-0.15, -0.1) is 12.4 Å². The summed E-state index contributed by atoms with van der Waals surface area (Å²) in [5.41, 5.74) is -0.755. The van der Waals surface area contributed by atoms with Crippen molar-refractivity contribution < 1.29 is 22.7 Å². The normalized spacial score (nSPS) is 17.7. The molecule has 0 saturated carbocycles. The van der Waals surface area contributed by atoms with Gasteiger partial charge in [-0.3, -0.25) is 4.79 Å². The van der Waals surface area contributed by atoms with Crippen molar-refractivity contribution in [3.63, 3.8) is 0 Å². The van der Waals surface area contributed by atoms with E-state index >= 15 is 0 Å². The minimum absolute atomic E-state index is 0. The van der Waals surface area contributed by atoms with Crippen molar-refractivity contribution in [2.24, 2.45) is 5.92 Å². The van der Waals surface area contributed by atoms with Crippen molar-refractivity contribution in [1.29, 1.82) is 0 Å². The van der Waals surface area contributed by atoms with Crippen LogP contribution in [0.5, 0.6) is 5.75 Å². The molecule has 0 spiro atoms. The number of benzene rings is 1. The average Bonchev–Trinajstić information content (AvgIpc) is 2.93. The molecular weight excluding hydrogens is 321 g/mol. The topological polar surface area (TPSA) is 50.4 Å². The highest BCUT2D eigenvalue weighted by atomic mass is 35.5. The maximum Gasteiger partial charge on any atom is 0.416 e. The van der Waals surface area contributed by atoms with Crippen LogP contribution >= 0.6 is 12.4 Å². The molecule has 0 bridgehead atoms. The predicted octanol–water partition coefficient (Wildman–Crippen LogP) is 3.07. The van der Waals surface area contributed by atoms with E-state index in [2.05, 4.69) is 10.6 Å². The summed E-state index contributed by atoms with van der Waals surface area (Å²) in [5, 5.41) is 5.59. The fraction of sp³-hybridized carbons (Fsp3) is 0.500. The molecule has 1 saturated heterocycles. The molecule has 1 amide bonds. The van der Waals surface area contributed by atoms with Gasteiger partial charge in [0, 0.05) is 6.54 Å². The Kier molecular flexibility index (Phi) is 6.49. The molecule has 1 atom stereocenters. The summed E-state index contributed by atoms with van der Waals surface area (Å²) in [5.74, 6) is -0.279. The van der Waals surface area contributed by atoms with Gasteiger partial charge in [0.05, 0.1) is 23.8 Å². The number of hydrogen-bond donors (Lipinski definition) is 2. The highest BCUT2D eigenvalue weighted by Crippen LogP contribution is 2.35. The van der Waals surface area contributed by atoms with Crippen molar-refractivity contribution in [2.45, 2.75) is 19.5 Å². The van der Waals surface area contributed by atoms with Gasteiger partial charge in [-0.2, -0.15) is 13.2 Å². The molecule has 0 radical (unpaired) electrons. The van der Waals surface area contributed by atoms with Gasteiger partial charge in [-0.25, -0.2) is 0 Å². The molecule has 2 rings (SSSR count). The first-order chi connectivity index (χ1) is 9.91. The van der Waals surface area contributed by atoms with Crippen LogP contribution in [0.2, 0.25) is 0 Å². The third-order valence-electron chi connectivity index (χ3n) is 3.30. The zero-order chi connectivity index (χ0) is 15.5. The van der Waals surface area contributed by atoms with E-state index < -0.39 is 11.7 Å². The molecule has 22 heavy (non-hydrogen) atoms. The highest BCUT2D eigenvalue weighted by Gasteiger charge is 2.32. The van der Waals surface area contributed by atoms with Crippen molar-refractivity contribution in [3.8, 4) is 5.75 Å². The number of rotatable bonds is 4. The lowest BCUT2D eigenvalue weighted by Gasteiger charge is -2.16. The van der Waals surface area contributed by atoms with Crippen LogP contribution in [0, 0.1) is 5.92 Å². The lowest BCUT2D eigenvalue weighted by molar-refractivity contribution is -0.137. The molecule has 2 N–H and O–H groups in total. The number of alkyl halides is 3. The molecule has 124 valence electrons. The monoisotopic (exact) mass is 338 g/mol. The third-order valence-corrected chi connectivity index (χ3v) is 3.30. The van der Waals surface area contributed by atoms with Crippen LogP contribution in [-0.4, -0.2) is 25.6 Å². The number of carbonyl (C=O) groups excluding carboxylic acids is 1. The Morgan fingerprint density at radius 2 is 2.18 bits per heavy atom. The Morgan fingerprint density at radius 1 is 1.45 bits per heavy atom. The number of carbonyl (C=O) groups is 1. The van der Waals surface area contributed by atoms with Gasteiger partial charge in [0.2, 0.25) is 5.91 Å². The summed E-state index contributed by atoms with van der Waals surface area (Å²) < 4.78 is 43.6. The maximum absolute atomic E-state index is 12.8. The number of hydrogen-bond acceptors (Lipinski definition) is 3. The van der Waals surface area contributed by atoms with Crippen molar-refractivity contribution in [2.75, 3.05) is 25.0 Å². The molecule has 1 aromatic rings. The van der Waals surface area contributed by atoms with Crippen molar-refractivity contribution in [1.82, 2.24) is 5.32 Å². The fourth-order valence-electron chi connectivity index (χ4n) is 2.20. The number of anilines is 1. The number of amides is 1. The number of halogens is 4. The SMILES string of the molecule is CCOc1ccc(C(F)(F)F)cc1NC(=O)C1CCNC1.Cl. The van der Waals surface area contributed by atoms with E-state index in [0.29, 0.717) is 19.6 Å². The fourth-order valence-corrected chi connectivity index (χ4v) is 2.20. The summed E-state index contributed by atoms with van der Waals surface area (Å²) in [7, 11) is 0. The van der Waals surface area contributed by atoms with Gasteiger partial charge in [0.15, 0.2) is 0 Å². The molecule has 1 unspecified atom stereocenters. The van der Waals surface area contributed by atoms with Gasteiger partial charge < -0.3 is 15.4 Å². The number of ether oxygens (including phenoxy) is 1. The molecule has 4 nitrogen and oxygen atoms in total. The van der Waals surface area contributed by atoms with Crippen LogP contribution in [-0.2, 0) is 11.0 Å². The minimum Gasteiger partial charge on any atom is -0.492 e. The zero-order valence-electron chi connectivity index (χ0n) is 12.0. The summed E-state index contributed by atoms with van der Waals surface area (Å²) >= 11 is 0. The van der Waals surface area contributed by atoms with Crippen LogP contribution in [0.25, 0.3) is 0 Å². The zero-order valence-corrected chi connectivity index (χ0v) is 12.8. The first-order valence-electron chi connectivity index (χ1n) is 6.77. The predicted molar refractivity (Wildman–Crippen MR) is 79.5 cm³/mol. The largest absolute Gasteiger partial charge is 0.492 e. The Labute approximate surface area is 132 Å². The van der Waals surface area contributed by atoms with E-state index in [1.807, 2.05) is 0 Å². The van der Waals surface area contributed by atoms with E-state index in [1.54, 1.807) is 6.92 Å². The Hall–Kier alpha value is -1.47. The van der Waals surface area contributed by atoms with E-state index in [-0.39, 0.29) is 35.7 Å². The second kappa shape index (κ2) is 7.69. The molecule has 1 heterocycles. The molecule has 1 aromatic carbocycles. The number of nitrogens with one attached hydrogen (secondary N) is 2. The smallest absolute Gasteiger partial charge is 0.416 e. The first-order valence-corrected chi connectivity index (χ1v) is 6.77. The lowest BCUT2D eigenvalue weighted by Crippen LogP contribution is -2.25. The van der Waals surface area contributed by atoms with Crippen molar-refractivity contribution in [3.05, 3.63) is 23.8 Å². The van der Waals surface area contributed by atoms with Gasteiger partial charge in [-0.1, -0.05) is 0 Å². The molecule has 0 aliphatic carbocycles. The molecule has 1 fully saturated rings. The van der Waals surface area contributed by atoms with Gasteiger partial charge in [0.1, 0.15) is 5.75 Å². The summed E-state index contributed by atoms with van der Waals surface area (Å²) in [6.07, 6.45) is -3.78. The maximum atomic E-state index is 12.8. The molecular formula is C14H18ClF3N2O2. The van der Waals surface area contributed by atoms with Crippen LogP contribution in [0.15, 0.2) is 18.2 Å². The van der Waals surface area contributed by atoms with E-state index in [0.717, 1.165) is 18.7 Å². The molecule has 1 aliphatic heterocycles. The average molecular weight is 339 g/mol. The van der Waals surface area contributed by atoms with Crippen LogP contribution in [0.3, 0.4) is 0 Å². The summed E-state index contributed by atoms with van der Waals surface area (Å²) in [4.78, 5) is 12.0. The van der Waals surface area contributed by atoms with Gasteiger partial charge in [-0.05, 0) is 38.1 Å². The van der Waals surface area contributed by atoms with E-state index in [1.165, 1.54) is 6.07 Å². The quantitative estimate of drug-likeness (QED) is 0.887. The van der Waals surface area contributed by atoms with Gasteiger partial charge in [0.25, 0.3) is 0 Å². The Bertz CT molecular complexity index is 517. The summed E-state index contributed by atoms with van der Waals surface area (Å²) in [6, 6.07) is 3.08. The minimum atomic E-state index is -4.46. The Morgan fingerprint density at radius 3 is 2.73 bits per heavy atom. The second-order valence-corrected chi connectivity index (χ2v) is 4.82. The molecule has 0 aromatic heterocycles. The third kappa shape index (κ3) is 4.51. The standard InChI is InChI=1S/C14H17F3N2O2.ClH/c1-2-21-12-4-3-10(14(15,16)17)7-11(12)19-13(20)9-5-6-18-8-9;/h3-4,7,9,18H,2,5-6,8H2,1H3,(H,19,20);1H. The molecule has 8 heteroatoms. The summed E-state index contributed by atoms with van der Waals surface area (Å²) in [6.45, 7) is 3.30. The van der Waals surface area contributed by atoms with E-state index in [4.69, 9.17) is 4.74 Å². The van der Waals surface area contributed by atoms with Crippen LogP contribution in [0.1, 0.15) is 18.9 Å².